The summed E-state index contributed by atoms with van der Waals surface area (Å²) in [5.41, 5.74) is -0.884. The average molecular weight is 462 g/mol. The van der Waals surface area contributed by atoms with Crippen LogP contribution in [0.1, 0.15) is 32.8 Å². The first-order valence-electron chi connectivity index (χ1n) is 10.6. The number of piperidine rings is 1. The van der Waals surface area contributed by atoms with E-state index in [0.717, 1.165) is 43.8 Å². The van der Waals surface area contributed by atoms with E-state index in [9.17, 15) is 26.4 Å². The summed E-state index contributed by atoms with van der Waals surface area (Å²) in [6.07, 6.45) is -3.40. The largest absolute Gasteiger partial charge is 0.416 e. The zero-order chi connectivity index (χ0) is 23.0. The number of carbonyl (C=O) groups is 1. The van der Waals surface area contributed by atoms with Crippen molar-refractivity contribution >= 4 is 15.9 Å². The van der Waals surface area contributed by atoms with Crippen LogP contribution in [0.2, 0.25) is 0 Å². The van der Waals surface area contributed by atoms with Crippen LogP contribution >= 0.6 is 0 Å². The zero-order valence-corrected chi connectivity index (χ0v) is 18.9. The van der Waals surface area contributed by atoms with Gasteiger partial charge in [0.1, 0.15) is 0 Å². The van der Waals surface area contributed by atoms with Crippen molar-refractivity contribution < 1.29 is 26.4 Å². The molecule has 2 fully saturated rings. The minimum Gasteiger partial charge on any atom is -0.341 e. The highest BCUT2D eigenvalue weighted by molar-refractivity contribution is 7.89. The van der Waals surface area contributed by atoms with Crippen LogP contribution in [0.5, 0.6) is 0 Å². The van der Waals surface area contributed by atoms with Gasteiger partial charge in [-0.3, -0.25) is 9.69 Å². The van der Waals surface area contributed by atoms with E-state index in [2.05, 4.69) is 13.8 Å². The molecule has 1 amide bonds. The number of hydrogen-bond donors (Lipinski definition) is 0. The molecule has 0 aromatic heterocycles. The van der Waals surface area contributed by atoms with Crippen molar-refractivity contribution in [1.82, 2.24) is 14.1 Å². The molecule has 2 heterocycles. The van der Waals surface area contributed by atoms with E-state index >= 15 is 0 Å². The van der Waals surface area contributed by atoms with Crippen LogP contribution in [0.4, 0.5) is 13.2 Å². The Labute approximate surface area is 182 Å². The fourth-order valence-corrected chi connectivity index (χ4v) is 5.98. The number of piperazine rings is 1. The van der Waals surface area contributed by atoms with E-state index < -0.39 is 21.8 Å². The lowest BCUT2D eigenvalue weighted by Crippen LogP contribution is -2.56. The van der Waals surface area contributed by atoms with Gasteiger partial charge in [-0.1, -0.05) is 13.8 Å². The predicted molar refractivity (Wildman–Crippen MR) is 111 cm³/mol. The third-order valence-corrected chi connectivity index (χ3v) is 8.09. The number of nitrogens with zero attached hydrogens (tertiary/aromatic N) is 3. The molecule has 0 spiro atoms. The van der Waals surface area contributed by atoms with Crippen LogP contribution in [0, 0.1) is 11.8 Å². The van der Waals surface area contributed by atoms with Gasteiger partial charge in [0.25, 0.3) is 0 Å². The topological polar surface area (TPSA) is 60.9 Å². The summed E-state index contributed by atoms with van der Waals surface area (Å²) in [7, 11) is -3.88. The maximum Gasteiger partial charge on any atom is 0.416 e. The van der Waals surface area contributed by atoms with Crippen molar-refractivity contribution in [2.24, 2.45) is 11.8 Å². The van der Waals surface area contributed by atoms with E-state index in [1.807, 2.05) is 16.7 Å². The fourth-order valence-electron chi connectivity index (χ4n) is 4.56. The number of carbonyl (C=O) groups excluding carboxylic acids is 1. The second-order valence-electron chi connectivity index (χ2n) is 8.83. The summed E-state index contributed by atoms with van der Waals surface area (Å²) in [4.78, 5) is 16.7. The quantitative estimate of drug-likeness (QED) is 0.692. The highest BCUT2D eigenvalue weighted by Gasteiger charge is 2.35. The molecule has 0 N–H and O–H groups in total. The first-order chi connectivity index (χ1) is 14.4. The summed E-state index contributed by atoms with van der Waals surface area (Å²) in [6.45, 7) is 8.80. The molecular weight excluding hydrogens is 431 g/mol. The molecular formula is C21H30F3N3O3S. The molecule has 1 aromatic carbocycles. The molecule has 0 bridgehead atoms. The van der Waals surface area contributed by atoms with Crippen LogP contribution in [0.3, 0.4) is 0 Å². The van der Waals surface area contributed by atoms with Gasteiger partial charge in [-0.05, 0) is 49.4 Å². The Morgan fingerprint density at radius 3 is 2.00 bits per heavy atom. The van der Waals surface area contributed by atoms with Crippen LogP contribution in [0.25, 0.3) is 0 Å². The van der Waals surface area contributed by atoms with Gasteiger partial charge in [-0.15, -0.1) is 0 Å². The smallest absolute Gasteiger partial charge is 0.341 e. The van der Waals surface area contributed by atoms with Gasteiger partial charge >= 0.3 is 6.18 Å². The van der Waals surface area contributed by atoms with Gasteiger partial charge in [0.2, 0.25) is 15.9 Å². The predicted octanol–water partition coefficient (Wildman–Crippen LogP) is 2.90. The Balaban J connectivity index is 1.61. The van der Waals surface area contributed by atoms with Gasteiger partial charge in [-0.2, -0.15) is 17.5 Å². The van der Waals surface area contributed by atoms with Crippen LogP contribution in [-0.4, -0.2) is 73.7 Å². The lowest BCUT2D eigenvalue weighted by molar-refractivity contribution is -0.139. The Kier molecular flexibility index (Phi) is 7.02. The highest BCUT2D eigenvalue weighted by Crippen LogP contribution is 2.30. The number of amides is 1. The molecule has 1 aromatic rings. The van der Waals surface area contributed by atoms with Crippen molar-refractivity contribution in [3.05, 3.63) is 29.8 Å². The molecule has 2 aliphatic heterocycles. The van der Waals surface area contributed by atoms with Gasteiger partial charge in [0.15, 0.2) is 0 Å². The van der Waals surface area contributed by atoms with Crippen molar-refractivity contribution in [3.8, 4) is 0 Å². The van der Waals surface area contributed by atoms with Crippen molar-refractivity contribution in [3.63, 3.8) is 0 Å². The monoisotopic (exact) mass is 461 g/mol. The third kappa shape index (κ3) is 5.40. The number of halogens is 3. The molecule has 3 atom stereocenters. The molecule has 6 nitrogen and oxygen atoms in total. The van der Waals surface area contributed by atoms with Crippen molar-refractivity contribution in [1.29, 1.82) is 0 Å². The Hall–Kier alpha value is -1.65. The number of rotatable bonds is 4. The van der Waals surface area contributed by atoms with Crippen LogP contribution in [-0.2, 0) is 21.0 Å². The molecule has 10 heteroatoms. The average Bonchev–Trinajstić information content (AvgIpc) is 2.71. The summed E-state index contributed by atoms with van der Waals surface area (Å²) in [5.74, 6) is 0.994. The summed E-state index contributed by atoms with van der Waals surface area (Å²) in [5, 5.41) is 0. The van der Waals surface area contributed by atoms with Gasteiger partial charge < -0.3 is 4.90 Å². The molecule has 2 saturated heterocycles. The maximum absolute atomic E-state index is 13.0. The minimum atomic E-state index is -4.51. The molecule has 0 unspecified atom stereocenters. The number of sulfonamides is 1. The second-order valence-corrected chi connectivity index (χ2v) is 10.8. The van der Waals surface area contributed by atoms with Gasteiger partial charge in [0.05, 0.1) is 16.5 Å². The molecule has 0 saturated carbocycles. The molecule has 2 aliphatic rings. The SMILES string of the molecule is C[C@@H]1C[C@H](C)CN(C(=O)[C@H](C)N2CCN(S(=O)(=O)c3ccc(C(F)(F)F)cc3)CC2)C1. The lowest BCUT2D eigenvalue weighted by Gasteiger charge is -2.41. The standard InChI is InChI=1S/C21H30F3N3O3S/c1-15-12-16(2)14-26(13-15)20(28)17(3)25-8-10-27(11-9-25)31(29,30)19-6-4-18(5-7-19)21(22,23)24/h4-7,15-17H,8-14H2,1-3H3/t15-,16+,17-/m0/s1. The molecule has 3 rings (SSSR count). The van der Waals surface area contributed by atoms with Crippen LogP contribution in [0.15, 0.2) is 29.2 Å². The third-order valence-electron chi connectivity index (χ3n) is 6.18. The van der Waals surface area contributed by atoms with E-state index in [0.29, 0.717) is 24.9 Å². The maximum atomic E-state index is 13.0. The Bertz CT molecular complexity index is 871. The van der Waals surface area contributed by atoms with Gasteiger partial charge in [-0.25, -0.2) is 8.42 Å². The second kappa shape index (κ2) is 9.07. The van der Waals surface area contributed by atoms with Crippen molar-refractivity contribution in [2.75, 3.05) is 39.3 Å². The lowest BCUT2D eigenvalue weighted by atomic mass is 9.91. The molecule has 31 heavy (non-hydrogen) atoms. The number of hydrogen-bond acceptors (Lipinski definition) is 4. The first kappa shape index (κ1) is 24.0. The number of alkyl halides is 3. The Morgan fingerprint density at radius 1 is 1.00 bits per heavy atom. The van der Waals surface area contributed by atoms with E-state index in [1.165, 1.54) is 4.31 Å². The van der Waals surface area contributed by atoms with E-state index in [-0.39, 0.29) is 29.9 Å². The normalized spacial score (nSPS) is 25.4. The summed E-state index contributed by atoms with van der Waals surface area (Å²) < 4.78 is 65.1. The Morgan fingerprint density at radius 2 is 1.52 bits per heavy atom. The molecule has 0 aliphatic carbocycles. The minimum absolute atomic E-state index is 0.0671. The van der Waals surface area contributed by atoms with E-state index in [4.69, 9.17) is 0 Å². The molecule has 0 radical (unpaired) electrons. The zero-order valence-electron chi connectivity index (χ0n) is 18.1. The number of benzene rings is 1. The fraction of sp³-hybridized carbons (Fsp3) is 0.667. The number of likely N-dealkylation sites (tertiary alicyclic amines) is 1. The summed E-state index contributed by atoms with van der Waals surface area (Å²) >= 11 is 0. The van der Waals surface area contributed by atoms with Crippen LogP contribution < -0.4 is 0 Å². The summed E-state index contributed by atoms with van der Waals surface area (Å²) in [6, 6.07) is 3.22. The highest BCUT2D eigenvalue weighted by atomic mass is 32.2. The first-order valence-corrected chi connectivity index (χ1v) is 12.0. The molecule has 174 valence electrons. The van der Waals surface area contributed by atoms with E-state index in [1.54, 1.807) is 0 Å². The van der Waals surface area contributed by atoms with Gasteiger partial charge in [0, 0.05) is 39.3 Å². The van der Waals surface area contributed by atoms with Crippen molar-refractivity contribution in [2.45, 2.75) is 44.3 Å².